The van der Waals surface area contributed by atoms with E-state index in [9.17, 15) is 4.39 Å². The summed E-state index contributed by atoms with van der Waals surface area (Å²) in [6, 6.07) is 0. The summed E-state index contributed by atoms with van der Waals surface area (Å²) < 4.78 is 19.0. The molecule has 0 aromatic carbocycles. The maximum absolute atomic E-state index is 13.6. The minimum absolute atomic E-state index is 0.235. The van der Waals surface area contributed by atoms with Crippen LogP contribution in [-0.4, -0.2) is 29.2 Å². The van der Waals surface area contributed by atoms with E-state index in [1.807, 2.05) is 6.92 Å². The summed E-state index contributed by atoms with van der Waals surface area (Å²) in [7, 11) is 0. The molecule has 1 aromatic rings. The van der Waals surface area contributed by atoms with Crippen LogP contribution in [0.3, 0.4) is 0 Å². The van der Waals surface area contributed by atoms with Crippen LogP contribution in [-0.2, 0) is 4.74 Å². The Hall–Kier alpha value is -1.23. The molecule has 88 valence electrons. The fourth-order valence-electron chi connectivity index (χ4n) is 1.85. The number of hydrogen-bond donors (Lipinski definition) is 1. The average molecular weight is 225 g/mol. The average Bonchev–Trinajstić information content (AvgIpc) is 2.67. The minimum Gasteiger partial charge on any atom is -0.378 e. The number of anilines is 1. The van der Waals surface area contributed by atoms with E-state index in [-0.39, 0.29) is 17.7 Å². The second kappa shape index (κ2) is 4.74. The number of ether oxygens (including phenoxy) is 1. The number of aryl methyl sites for hydroxylation is 1. The first-order chi connectivity index (χ1) is 7.68. The van der Waals surface area contributed by atoms with Crippen LogP contribution < -0.4 is 5.32 Å². The van der Waals surface area contributed by atoms with Gasteiger partial charge in [-0.3, -0.25) is 0 Å². The second-order valence-corrected chi connectivity index (χ2v) is 4.13. The molecule has 4 nitrogen and oxygen atoms in total. The lowest BCUT2D eigenvalue weighted by atomic mass is 10.0. The van der Waals surface area contributed by atoms with Gasteiger partial charge in [0.2, 0.25) is 0 Å². The third-order valence-electron chi connectivity index (χ3n) is 3.03. The van der Waals surface area contributed by atoms with Crippen molar-refractivity contribution in [1.29, 1.82) is 0 Å². The van der Waals surface area contributed by atoms with Crippen molar-refractivity contribution in [3.8, 4) is 0 Å². The number of aromatic nitrogens is 2. The van der Waals surface area contributed by atoms with Crippen LogP contribution in [0, 0.1) is 18.7 Å². The zero-order valence-electron chi connectivity index (χ0n) is 9.53. The van der Waals surface area contributed by atoms with Crippen molar-refractivity contribution in [2.45, 2.75) is 26.4 Å². The molecule has 2 heterocycles. The molecule has 16 heavy (non-hydrogen) atoms. The van der Waals surface area contributed by atoms with Gasteiger partial charge in [-0.1, -0.05) is 0 Å². The van der Waals surface area contributed by atoms with Crippen molar-refractivity contribution >= 4 is 5.82 Å². The summed E-state index contributed by atoms with van der Waals surface area (Å²) in [5.74, 6) is 0.343. The van der Waals surface area contributed by atoms with Crippen molar-refractivity contribution < 1.29 is 9.13 Å². The van der Waals surface area contributed by atoms with E-state index in [0.29, 0.717) is 18.2 Å². The highest BCUT2D eigenvalue weighted by atomic mass is 19.1. The lowest BCUT2D eigenvalue weighted by molar-refractivity contribution is 0.108. The molecule has 1 saturated heterocycles. The van der Waals surface area contributed by atoms with Crippen molar-refractivity contribution in [1.82, 2.24) is 9.97 Å². The van der Waals surface area contributed by atoms with Gasteiger partial charge in [0, 0.05) is 19.1 Å². The highest BCUT2D eigenvalue weighted by Gasteiger charge is 2.24. The monoisotopic (exact) mass is 225 g/mol. The van der Waals surface area contributed by atoms with Crippen LogP contribution in [0.2, 0.25) is 0 Å². The zero-order valence-corrected chi connectivity index (χ0v) is 9.53. The Morgan fingerprint density at radius 3 is 3.06 bits per heavy atom. The Balaban J connectivity index is 1.96. The molecule has 5 heteroatoms. The van der Waals surface area contributed by atoms with Gasteiger partial charge >= 0.3 is 0 Å². The van der Waals surface area contributed by atoms with Gasteiger partial charge in [-0.25, -0.2) is 14.4 Å². The molecule has 1 aromatic heterocycles. The second-order valence-electron chi connectivity index (χ2n) is 4.13. The van der Waals surface area contributed by atoms with E-state index < -0.39 is 0 Å². The van der Waals surface area contributed by atoms with Gasteiger partial charge < -0.3 is 10.1 Å². The number of nitrogens with zero attached hydrogens (tertiary/aromatic N) is 2. The smallest absolute Gasteiger partial charge is 0.186 e. The predicted molar refractivity (Wildman–Crippen MR) is 58.7 cm³/mol. The van der Waals surface area contributed by atoms with E-state index in [2.05, 4.69) is 15.3 Å². The third-order valence-corrected chi connectivity index (χ3v) is 3.03. The number of nitrogens with one attached hydrogen (secondary N) is 1. The molecule has 1 fully saturated rings. The lowest BCUT2D eigenvalue weighted by Crippen LogP contribution is -2.21. The minimum atomic E-state index is -0.367. The maximum Gasteiger partial charge on any atom is 0.186 e. The van der Waals surface area contributed by atoms with Gasteiger partial charge in [0.15, 0.2) is 11.6 Å². The molecule has 0 radical (unpaired) electrons. The van der Waals surface area contributed by atoms with Crippen molar-refractivity contribution in [3.05, 3.63) is 17.8 Å². The van der Waals surface area contributed by atoms with Crippen LogP contribution in [0.5, 0.6) is 0 Å². The zero-order chi connectivity index (χ0) is 11.5. The quantitative estimate of drug-likeness (QED) is 0.851. The molecule has 1 aliphatic heterocycles. The summed E-state index contributed by atoms with van der Waals surface area (Å²) in [6.45, 7) is 5.15. The highest BCUT2D eigenvalue weighted by molar-refractivity contribution is 5.36. The Labute approximate surface area is 94.2 Å². The van der Waals surface area contributed by atoms with Crippen LogP contribution in [0.4, 0.5) is 10.2 Å². The molecular formula is C11H16FN3O. The van der Waals surface area contributed by atoms with Crippen LogP contribution in [0.15, 0.2) is 6.33 Å². The fourth-order valence-corrected chi connectivity index (χ4v) is 1.85. The number of halogens is 1. The molecule has 0 aliphatic carbocycles. The van der Waals surface area contributed by atoms with Crippen LogP contribution >= 0.6 is 0 Å². The summed E-state index contributed by atoms with van der Waals surface area (Å²) in [5, 5.41) is 3.02. The molecule has 1 aliphatic rings. The van der Waals surface area contributed by atoms with Gasteiger partial charge in [-0.15, -0.1) is 0 Å². The van der Waals surface area contributed by atoms with Gasteiger partial charge in [-0.05, 0) is 20.3 Å². The summed E-state index contributed by atoms with van der Waals surface area (Å²) in [5.41, 5.74) is 0.369. The number of hydrogen-bond acceptors (Lipinski definition) is 4. The highest BCUT2D eigenvalue weighted by Crippen LogP contribution is 2.21. The number of rotatable bonds is 3. The van der Waals surface area contributed by atoms with Crippen molar-refractivity contribution in [3.63, 3.8) is 0 Å². The fraction of sp³-hybridized carbons (Fsp3) is 0.636. The first-order valence-corrected chi connectivity index (χ1v) is 5.51. The topological polar surface area (TPSA) is 47.0 Å². The molecule has 0 saturated carbocycles. The van der Waals surface area contributed by atoms with Gasteiger partial charge in [0.25, 0.3) is 0 Å². The SMILES string of the molecule is Cc1ncnc(NCC2CCOC2C)c1F. The van der Waals surface area contributed by atoms with E-state index in [1.165, 1.54) is 6.33 Å². The van der Waals surface area contributed by atoms with Crippen LogP contribution in [0.25, 0.3) is 0 Å². The normalized spacial score (nSPS) is 24.7. The van der Waals surface area contributed by atoms with Gasteiger partial charge in [-0.2, -0.15) is 0 Å². The molecule has 2 rings (SSSR count). The van der Waals surface area contributed by atoms with E-state index in [0.717, 1.165) is 13.0 Å². The molecule has 2 atom stereocenters. The first kappa shape index (κ1) is 11.3. The largest absolute Gasteiger partial charge is 0.378 e. The van der Waals surface area contributed by atoms with E-state index >= 15 is 0 Å². The predicted octanol–water partition coefficient (Wildman–Crippen LogP) is 1.76. The summed E-state index contributed by atoms with van der Waals surface area (Å²) >= 11 is 0. The Morgan fingerprint density at radius 2 is 2.38 bits per heavy atom. The first-order valence-electron chi connectivity index (χ1n) is 5.51. The Bertz CT molecular complexity index is 372. The Kier molecular flexibility index (Phi) is 3.33. The summed E-state index contributed by atoms with van der Waals surface area (Å²) in [6.07, 6.45) is 2.62. The molecule has 1 N–H and O–H groups in total. The van der Waals surface area contributed by atoms with E-state index in [1.54, 1.807) is 6.92 Å². The van der Waals surface area contributed by atoms with Crippen molar-refractivity contribution in [2.24, 2.45) is 5.92 Å². The molecule has 2 unspecified atom stereocenters. The van der Waals surface area contributed by atoms with E-state index in [4.69, 9.17) is 4.74 Å². The lowest BCUT2D eigenvalue weighted by Gasteiger charge is -2.15. The van der Waals surface area contributed by atoms with Crippen molar-refractivity contribution in [2.75, 3.05) is 18.5 Å². The standard InChI is InChI=1S/C11H16FN3O/c1-7-10(12)11(15-6-14-7)13-5-9-3-4-16-8(9)2/h6,8-9H,3-5H2,1-2H3,(H,13,14,15). The molecule has 0 amide bonds. The molecular weight excluding hydrogens is 209 g/mol. The van der Waals surface area contributed by atoms with Gasteiger partial charge in [0.05, 0.1) is 11.8 Å². The molecule has 0 bridgehead atoms. The maximum atomic E-state index is 13.6. The Morgan fingerprint density at radius 1 is 1.56 bits per heavy atom. The van der Waals surface area contributed by atoms with Gasteiger partial charge in [0.1, 0.15) is 6.33 Å². The van der Waals surface area contributed by atoms with Crippen LogP contribution in [0.1, 0.15) is 19.0 Å². The molecule has 0 spiro atoms. The summed E-state index contributed by atoms with van der Waals surface area (Å²) in [4.78, 5) is 7.67. The third kappa shape index (κ3) is 2.29.